The zero-order valence-corrected chi connectivity index (χ0v) is 23.8. The summed E-state index contributed by atoms with van der Waals surface area (Å²) in [5.74, 6) is 0. The molecule has 43 heavy (non-hydrogen) atoms. The van der Waals surface area contributed by atoms with Gasteiger partial charge in [-0.3, -0.25) is 0 Å². The second kappa shape index (κ2) is 17.8. The lowest BCUT2D eigenvalue weighted by Gasteiger charge is -2.41. The van der Waals surface area contributed by atoms with E-state index in [-0.39, 0.29) is 39.5 Å². The number of ether oxygens (including phenoxy) is 8. The Bertz CT molecular complexity index is 776. The van der Waals surface area contributed by atoms with Crippen LogP contribution in [0.15, 0.2) is 0 Å². The highest BCUT2D eigenvalue weighted by Crippen LogP contribution is 2.26. The molecule has 18 heteroatoms. The average molecular weight is 635 g/mol. The van der Waals surface area contributed by atoms with E-state index in [2.05, 4.69) is 0 Å². The number of aliphatic hydroxyl groups is 10. The fraction of sp³-hybridized carbons (Fsp3) is 1.00. The predicted octanol–water partition coefficient (Wildman–Crippen LogP) is -6.11. The molecule has 0 unspecified atom stereocenters. The molecule has 3 rings (SSSR count). The number of rotatable bonds is 16. The molecule has 15 atom stereocenters. The van der Waals surface area contributed by atoms with Crippen LogP contribution in [0.4, 0.5) is 0 Å². The maximum absolute atomic E-state index is 10.8. The van der Waals surface area contributed by atoms with Crippen LogP contribution in [0.25, 0.3) is 0 Å². The average Bonchev–Trinajstić information content (AvgIpc) is 3.00. The maximum atomic E-state index is 10.8. The van der Waals surface area contributed by atoms with Crippen molar-refractivity contribution in [1.82, 2.24) is 0 Å². The molecule has 0 aromatic rings. The van der Waals surface area contributed by atoms with Crippen LogP contribution in [0.5, 0.6) is 0 Å². The Hall–Kier alpha value is -0.720. The van der Waals surface area contributed by atoms with E-state index in [1.54, 1.807) is 0 Å². The fourth-order valence-electron chi connectivity index (χ4n) is 4.88. The molecule has 0 amide bonds. The van der Waals surface area contributed by atoms with E-state index in [4.69, 9.17) is 37.9 Å². The van der Waals surface area contributed by atoms with Gasteiger partial charge in [-0.05, 0) is 12.8 Å². The number of hydrogen-bond acceptors (Lipinski definition) is 18. The summed E-state index contributed by atoms with van der Waals surface area (Å²) in [7, 11) is 1.31. The van der Waals surface area contributed by atoms with E-state index in [0.717, 1.165) is 0 Å². The molecule has 3 aliphatic rings. The minimum absolute atomic E-state index is 0.00445. The first kappa shape index (κ1) is 36.7. The summed E-state index contributed by atoms with van der Waals surface area (Å²) in [4.78, 5) is 0. The second-order valence-electron chi connectivity index (χ2n) is 10.5. The Morgan fingerprint density at radius 3 is 1.44 bits per heavy atom. The van der Waals surface area contributed by atoms with Crippen LogP contribution in [0.1, 0.15) is 12.8 Å². The molecule has 254 valence electrons. The molecule has 3 heterocycles. The molecule has 10 N–H and O–H groups in total. The predicted molar refractivity (Wildman–Crippen MR) is 137 cm³/mol. The lowest BCUT2D eigenvalue weighted by molar-refractivity contribution is -0.307. The van der Waals surface area contributed by atoms with Crippen LogP contribution in [0.3, 0.4) is 0 Å². The summed E-state index contributed by atoms with van der Waals surface area (Å²) in [6.07, 6.45) is -19.2. The Morgan fingerprint density at radius 2 is 0.953 bits per heavy atom. The van der Waals surface area contributed by atoms with E-state index in [1.165, 1.54) is 7.11 Å². The van der Waals surface area contributed by atoms with Crippen molar-refractivity contribution in [2.45, 2.75) is 105 Å². The van der Waals surface area contributed by atoms with Crippen LogP contribution >= 0.6 is 0 Å². The summed E-state index contributed by atoms with van der Waals surface area (Å²) in [5.41, 5.74) is 0. The van der Waals surface area contributed by atoms with Gasteiger partial charge < -0.3 is 89.0 Å². The highest BCUT2D eigenvalue weighted by Gasteiger charge is 2.47. The Morgan fingerprint density at radius 1 is 0.488 bits per heavy atom. The van der Waals surface area contributed by atoms with Crippen molar-refractivity contribution in [3.8, 4) is 0 Å². The Labute approximate surface area is 247 Å². The van der Waals surface area contributed by atoms with Gasteiger partial charge in [0.2, 0.25) is 0 Å². The van der Waals surface area contributed by atoms with Crippen LogP contribution in [-0.4, -0.2) is 197 Å². The van der Waals surface area contributed by atoms with Gasteiger partial charge in [0.15, 0.2) is 18.9 Å². The smallest absolute Gasteiger partial charge is 0.186 e. The van der Waals surface area contributed by atoms with Gasteiger partial charge in [-0.2, -0.15) is 0 Å². The minimum atomic E-state index is -1.57. The molecule has 3 saturated heterocycles. The quantitative estimate of drug-likeness (QED) is 0.0707. The molecule has 3 fully saturated rings. The number of hydrogen-bond donors (Lipinski definition) is 10. The van der Waals surface area contributed by atoms with Crippen molar-refractivity contribution in [3.63, 3.8) is 0 Å². The van der Waals surface area contributed by atoms with E-state index >= 15 is 0 Å². The zero-order valence-electron chi connectivity index (χ0n) is 23.8. The fourth-order valence-corrected chi connectivity index (χ4v) is 4.88. The summed E-state index contributed by atoms with van der Waals surface area (Å²) in [5, 5.41) is 99.2. The molecule has 0 aliphatic carbocycles. The third-order valence-electron chi connectivity index (χ3n) is 7.45. The molecule has 0 bridgehead atoms. The highest BCUT2D eigenvalue weighted by atomic mass is 16.7. The van der Waals surface area contributed by atoms with Crippen molar-refractivity contribution in [1.29, 1.82) is 0 Å². The topological polar surface area (TPSA) is 276 Å². The molecule has 0 saturated carbocycles. The normalized spacial score (nSPS) is 44.0. The third kappa shape index (κ3) is 9.41. The maximum Gasteiger partial charge on any atom is 0.186 e. The van der Waals surface area contributed by atoms with E-state index < -0.39 is 105 Å². The first-order chi connectivity index (χ1) is 20.5. The van der Waals surface area contributed by atoms with E-state index in [1.807, 2.05) is 0 Å². The van der Waals surface area contributed by atoms with Crippen molar-refractivity contribution < 1.29 is 89.0 Å². The molecule has 0 aromatic heterocycles. The van der Waals surface area contributed by atoms with Gasteiger partial charge in [0, 0.05) is 20.3 Å². The molecule has 0 radical (unpaired) electrons. The standard InChI is InChI=1S/C25H46O18/c1-36-23-21(35)22(38-5-3-7-40-25-20(34)18(32)15(29)12(9-27)42-25)16(30)13(43-23)10-37-4-2-6-39-24-19(33)17(31)14(28)11(8-26)41-24/h11-35H,2-10H2,1H3/t11-,12-,13-,14-,15-,16-,17+,18+,19+,20+,21+,22+,23+,24+,25+/m1/s1. The van der Waals surface area contributed by atoms with Crippen molar-refractivity contribution in [3.05, 3.63) is 0 Å². The van der Waals surface area contributed by atoms with Gasteiger partial charge in [0.25, 0.3) is 0 Å². The summed E-state index contributed by atoms with van der Waals surface area (Å²) in [6, 6.07) is 0. The summed E-state index contributed by atoms with van der Waals surface area (Å²) >= 11 is 0. The number of methoxy groups -OCH3 is 1. The van der Waals surface area contributed by atoms with Gasteiger partial charge in [0.05, 0.1) is 33.0 Å². The van der Waals surface area contributed by atoms with Crippen LogP contribution in [0, 0.1) is 0 Å². The van der Waals surface area contributed by atoms with Gasteiger partial charge >= 0.3 is 0 Å². The second-order valence-corrected chi connectivity index (χ2v) is 10.5. The lowest BCUT2D eigenvalue weighted by atomic mass is 9.99. The van der Waals surface area contributed by atoms with Crippen LogP contribution < -0.4 is 0 Å². The first-order valence-corrected chi connectivity index (χ1v) is 14.1. The van der Waals surface area contributed by atoms with Gasteiger partial charge in [-0.15, -0.1) is 0 Å². The first-order valence-electron chi connectivity index (χ1n) is 14.1. The van der Waals surface area contributed by atoms with Gasteiger partial charge in [0.1, 0.15) is 73.2 Å². The zero-order chi connectivity index (χ0) is 31.7. The van der Waals surface area contributed by atoms with Crippen LogP contribution in [-0.2, 0) is 37.9 Å². The molecule has 3 aliphatic heterocycles. The Kier molecular flexibility index (Phi) is 15.2. The largest absolute Gasteiger partial charge is 0.394 e. The monoisotopic (exact) mass is 634 g/mol. The van der Waals surface area contributed by atoms with Gasteiger partial charge in [-0.1, -0.05) is 0 Å². The molecule has 0 aromatic carbocycles. The van der Waals surface area contributed by atoms with Crippen molar-refractivity contribution in [2.24, 2.45) is 0 Å². The van der Waals surface area contributed by atoms with E-state index in [0.29, 0.717) is 6.42 Å². The summed E-state index contributed by atoms with van der Waals surface area (Å²) < 4.78 is 43.3. The Balaban J connectivity index is 1.37. The molecular weight excluding hydrogens is 588 g/mol. The lowest BCUT2D eigenvalue weighted by Crippen LogP contribution is -2.60. The minimum Gasteiger partial charge on any atom is -0.394 e. The van der Waals surface area contributed by atoms with Gasteiger partial charge in [-0.25, -0.2) is 0 Å². The highest BCUT2D eigenvalue weighted by molar-refractivity contribution is 4.91. The van der Waals surface area contributed by atoms with Crippen LogP contribution in [0.2, 0.25) is 0 Å². The molecule has 0 spiro atoms. The third-order valence-corrected chi connectivity index (χ3v) is 7.45. The van der Waals surface area contributed by atoms with Crippen molar-refractivity contribution in [2.75, 3.05) is 53.4 Å². The molecular formula is C25H46O18. The van der Waals surface area contributed by atoms with Crippen molar-refractivity contribution >= 4 is 0 Å². The molecule has 18 nitrogen and oxygen atoms in total. The summed E-state index contributed by atoms with van der Waals surface area (Å²) in [6.45, 7) is -1.13. The van der Waals surface area contributed by atoms with E-state index in [9.17, 15) is 51.1 Å². The SMILES string of the molecule is CO[C@H]1O[C@H](COCCCO[C@H]2O[C@H](CO)[C@@H](O)[C@H](O)[C@@H]2O)[C@@H](O)[C@H](OCCCO[C@H]2O[C@H](CO)[C@@H](O)[C@H](O)[C@@H]2O)[C@@H]1O. The number of aliphatic hydroxyl groups excluding tert-OH is 10.